The van der Waals surface area contributed by atoms with Gasteiger partial charge in [-0.05, 0) is 13.1 Å². The molecule has 0 aliphatic rings. The summed E-state index contributed by atoms with van der Waals surface area (Å²) >= 11 is 0. The van der Waals surface area contributed by atoms with Crippen LogP contribution in [0.3, 0.4) is 0 Å². The minimum Gasteiger partial charge on any atom is -0.314 e. The Hall–Kier alpha value is -1.05. The Kier molecular flexibility index (Phi) is 4.34. The van der Waals surface area contributed by atoms with Crippen LogP contribution in [0.5, 0.6) is 0 Å². The van der Waals surface area contributed by atoms with Crippen molar-refractivity contribution >= 4 is 12.4 Å². The van der Waals surface area contributed by atoms with Gasteiger partial charge in [0, 0.05) is 13.6 Å². The lowest BCUT2D eigenvalue weighted by atomic mass is 10.3. The van der Waals surface area contributed by atoms with Gasteiger partial charge in [0.25, 0.3) is 0 Å². The number of nitrogens with one attached hydrogen (secondary N) is 1. The second-order valence-electron chi connectivity index (χ2n) is 2.29. The lowest BCUT2D eigenvalue weighted by molar-refractivity contribution is 0.671. The SMILES string of the molecule is CNCc1cc(C#N)nn1C.Cl. The predicted molar refractivity (Wildman–Crippen MR) is 47.9 cm³/mol. The van der Waals surface area contributed by atoms with E-state index in [0.29, 0.717) is 5.69 Å². The van der Waals surface area contributed by atoms with Gasteiger partial charge in [0.2, 0.25) is 0 Å². The highest BCUT2D eigenvalue weighted by molar-refractivity contribution is 5.85. The van der Waals surface area contributed by atoms with Crippen LogP contribution in [0.15, 0.2) is 6.07 Å². The average Bonchev–Trinajstić information content (AvgIpc) is 2.33. The van der Waals surface area contributed by atoms with Gasteiger partial charge in [-0.15, -0.1) is 12.4 Å². The Bertz CT molecular complexity index is 286. The van der Waals surface area contributed by atoms with Crippen molar-refractivity contribution in [2.24, 2.45) is 7.05 Å². The molecule has 1 rings (SSSR count). The maximum absolute atomic E-state index is 8.50. The minimum atomic E-state index is 0. The van der Waals surface area contributed by atoms with Gasteiger partial charge in [-0.25, -0.2) is 0 Å². The van der Waals surface area contributed by atoms with Crippen LogP contribution in [-0.2, 0) is 13.6 Å². The molecular weight excluding hydrogens is 176 g/mol. The van der Waals surface area contributed by atoms with Gasteiger partial charge in [0.15, 0.2) is 5.69 Å². The molecule has 1 aromatic heterocycles. The van der Waals surface area contributed by atoms with Crippen LogP contribution in [-0.4, -0.2) is 16.8 Å². The highest BCUT2D eigenvalue weighted by atomic mass is 35.5. The first-order valence-electron chi connectivity index (χ1n) is 3.35. The Morgan fingerprint density at radius 2 is 2.42 bits per heavy atom. The smallest absolute Gasteiger partial charge is 0.162 e. The van der Waals surface area contributed by atoms with Crippen LogP contribution in [0, 0.1) is 11.3 Å². The number of aromatic nitrogens is 2. The van der Waals surface area contributed by atoms with Gasteiger partial charge < -0.3 is 5.32 Å². The Morgan fingerprint density at radius 3 is 2.83 bits per heavy atom. The monoisotopic (exact) mass is 186 g/mol. The third-order valence-corrected chi connectivity index (χ3v) is 1.45. The van der Waals surface area contributed by atoms with E-state index >= 15 is 0 Å². The maximum Gasteiger partial charge on any atom is 0.162 e. The molecule has 1 aromatic rings. The lowest BCUT2D eigenvalue weighted by Gasteiger charge is -1.97. The van der Waals surface area contributed by atoms with E-state index in [-0.39, 0.29) is 12.4 Å². The normalized spacial score (nSPS) is 8.75. The topological polar surface area (TPSA) is 53.6 Å². The number of nitrogens with zero attached hydrogens (tertiary/aromatic N) is 3. The van der Waals surface area contributed by atoms with Crippen molar-refractivity contribution < 1.29 is 0 Å². The molecule has 1 N–H and O–H groups in total. The van der Waals surface area contributed by atoms with E-state index in [4.69, 9.17) is 5.26 Å². The summed E-state index contributed by atoms with van der Waals surface area (Å²) in [5, 5.41) is 15.5. The summed E-state index contributed by atoms with van der Waals surface area (Å²) in [5.41, 5.74) is 1.49. The molecule has 0 bridgehead atoms. The molecule has 0 aliphatic carbocycles. The molecule has 66 valence electrons. The second kappa shape index (κ2) is 4.75. The van der Waals surface area contributed by atoms with Crippen molar-refractivity contribution in [3.8, 4) is 6.07 Å². The Labute approximate surface area is 77.6 Å². The first-order valence-corrected chi connectivity index (χ1v) is 3.35. The molecule has 1 heterocycles. The number of hydrogen-bond donors (Lipinski definition) is 1. The summed E-state index contributed by atoms with van der Waals surface area (Å²) in [4.78, 5) is 0. The van der Waals surface area contributed by atoms with Crippen LogP contribution < -0.4 is 5.32 Å². The van der Waals surface area contributed by atoms with E-state index in [1.165, 1.54) is 0 Å². The van der Waals surface area contributed by atoms with Crippen LogP contribution >= 0.6 is 12.4 Å². The number of nitriles is 1. The number of rotatable bonds is 2. The zero-order valence-corrected chi connectivity index (χ0v) is 7.85. The average molecular weight is 187 g/mol. The molecule has 0 spiro atoms. The molecule has 0 fully saturated rings. The zero-order chi connectivity index (χ0) is 8.27. The first kappa shape index (κ1) is 11.0. The highest BCUT2D eigenvalue weighted by Crippen LogP contribution is 2.00. The number of halogens is 1. The lowest BCUT2D eigenvalue weighted by Crippen LogP contribution is -2.09. The molecule has 0 saturated carbocycles. The third kappa shape index (κ3) is 2.22. The maximum atomic E-state index is 8.50. The van der Waals surface area contributed by atoms with E-state index < -0.39 is 0 Å². The minimum absolute atomic E-state index is 0. The van der Waals surface area contributed by atoms with Crippen LogP contribution in [0.1, 0.15) is 11.4 Å². The molecule has 0 saturated heterocycles. The van der Waals surface area contributed by atoms with Crippen LogP contribution in [0.2, 0.25) is 0 Å². The van der Waals surface area contributed by atoms with Gasteiger partial charge in [-0.1, -0.05) is 0 Å². The number of aryl methyl sites for hydroxylation is 1. The molecule has 0 atom stereocenters. The fraction of sp³-hybridized carbons (Fsp3) is 0.429. The molecule has 0 amide bonds. The molecule has 0 aliphatic heterocycles. The molecule has 12 heavy (non-hydrogen) atoms. The van der Waals surface area contributed by atoms with Crippen molar-refractivity contribution in [3.63, 3.8) is 0 Å². The van der Waals surface area contributed by atoms with Gasteiger partial charge in [-0.3, -0.25) is 4.68 Å². The molecule has 4 nitrogen and oxygen atoms in total. The van der Waals surface area contributed by atoms with Crippen molar-refractivity contribution in [2.75, 3.05) is 7.05 Å². The van der Waals surface area contributed by atoms with E-state index in [1.807, 2.05) is 20.2 Å². The van der Waals surface area contributed by atoms with E-state index in [0.717, 1.165) is 12.2 Å². The van der Waals surface area contributed by atoms with Gasteiger partial charge in [-0.2, -0.15) is 10.4 Å². The fourth-order valence-electron chi connectivity index (χ4n) is 0.907. The second-order valence-corrected chi connectivity index (χ2v) is 2.29. The highest BCUT2D eigenvalue weighted by Gasteiger charge is 2.01. The van der Waals surface area contributed by atoms with Gasteiger partial charge in [0.1, 0.15) is 6.07 Å². The molecule has 0 unspecified atom stereocenters. The summed E-state index contributed by atoms with van der Waals surface area (Å²) in [6.45, 7) is 0.741. The van der Waals surface area contributed by atoms with Gasteiger partial charge >= 0.3 is 0 Å². The Morgan fingerprint density at radius 1 is 1.75 bits per heavy atom. The van der Waals surface area contributed by atoms with Crippen LogP contribution in [0.25, 0.3) is 0 Å². The van der Waals surface area contributed by atoms with Crippen LogP contribution in [0.4, 0.5) is 0 Å². The van der Waals surface area contributed by atoms with E-state index in [9.17, 15) is 0 Å². The largest absolute Gasteiger partial charge is 0.314 e. The molecular formula is C7H11ClN4. The van der Waals surface area contributed by atoms with Crippen molar-refractivity contribution in [1.29, 1.82) is 5.26 Å². The standard InChI is InChI=1S/C7H10N4.ClH/c1-9-5-7-3-6(4-8)10-11(7)2;/h3,9H,5H2,1-2H3;1H. The summed E-state index contributed by atoms with van der Waals surface area (Å²) < 4.78 is 1.70. The fourth-order valence-corrected chi connectivity index (χ4v) is 0.907. The molecule has 0 radical (unpaired) electrons. The summed E-state index contributed by atoms with van der Waals surface area (Å²) in [6.07, 6.45) is 0. The first-order chi connectivity index (χ1) is 5.27. The van der Waals surface area contributed by atoms with E-state index in [1.54, 1.807) is 10.7 Å². The van der Waals surface area contributed by atoms with Crippen molar-refractivity contribution in [3.05, 3.63) is 17.5 Å². The molecule has 5 heteroatoms. The van der Waals surface area contributed by atoms with Crippen molar-refractivity contribution in [2.45, 2.75) is 6.54 Å². The third-order valence-electron chi connectivity index (χ3n) is 1.45. The Balaban J connectivity index is 0.00000121. The molecule has 0 aromatic carbocycles. The van der Waals surface area contributed by atoms with E-state index in [2.05, 4.69) is 10.4 Å². The van der Waals surface area contributed by atoms with Gasteiger partial charge in [0.05, 0.1) is 5.69 Å². The summed E-state index contributed by atoms with van der Waals surface area (Å²) in [5.74, 6) is 0. The van der Waals surface area contributed by atoms with Crippen molar-refractivity contribution in [1.82, 2.24) is 15.1 Å². The zero-order valence-electron chi connectivity index (χ0n) is 7.03. The summed E-state index contributed by atoms with van der Waals surface area (Å²) in [6, 6.07) is 3.76. The quantitative estimate of drug-likeness (QED) is 0.729. The summed E-state index contributed by atoms with van der Waals surface area (Å²) in [7, 11) is 3.69. The predicted octanol–water partition coefficient (Wildman–Crippen LogP) is 0.433. The number of hydrogen-bond acceptors (Lipinski definition) is 3.